The Bertz CT molecular complexity index is 2080. The first-order chi connectivity index (χ1) is 23.1. The number of ether oxygens (including phenoxy) is 3. The molecule has 3 aromatic carbocycles. The van der Waals surface area contributed by atoms with Gasteiger partial charge in [0.25, 0.3) is 0 Å². The minimum absolute atomic E-state index is 0.0778. The molecule has 1 N–H and O–H groups in total. The van der Waals surface area contributed by atoms with E-state index in [1.54, 1.807) is 30.7 Å². The number of hydrogen-bond donors (Lipinski definition) is 1. The molecule has 0 saturated carbocycles. The molecule has 1 fully saturated rings. The number of benzene rings is 3. The van der Waals surface area contributed by atoms with Gasteiger partial charge in [-0.05, 0) is 72.9 Å². The van der Waals surface area contributed by atoms with Crippen LogP contribution in [0.5, 0.6) is 11.6 Å². The number of nitrogens with zero attached hydrogens (tertiary/aromatic N) is 5. The maximum atomic E-state index is 11.8. The van der Waals surface area contributed by atoms with E-state index < -0.39 is 5.97 Å². The van der Waals surface area contributed by atoms with E-state index >= 15 is 0 Å². The fourth-order valence-electron chi connectivity index (χ4n) is 6.25. The SMILES string of the molecule is O=C(O)c1ccc2nc(Cc3ccc4cc3OCCCc3cc(-n5ccnc5)ccc3COc3cccc-4n3)n(CC3CCO3)c2c1. The highest BCUT2D eigenvalue weighted by Crippen LogP contribution is 2.32. The summed E-state index contributed by atoms with van der Waals surface area (Å²) < 4.78 is 22.6. The Morgan fingerprint density at radius 3 is 2.72 bits per heavy atom. The van der Waals surface area contributed by atoms with Crippen LogP contribution in [0.2, 0.25) is 0 Å². The number of rotatable bonds is 6. The molecule has 2 aliphatic heterocycles. The summed E-state index contributed by atoms with van der Waals surface area (Å²) in [4.78, 5) is 25.8. The minimum atomic E-state index is -0.962. The van der Waals surface area contributed by atoms with Crippen molar-refractivity contribution >= 4 is 17.0 Å². The lowest BCUT2D eigenvalue weighted by Gasteiger charge is -2.27. The molecule has 0 radical (unpaired) electrons. The number of pyridine rings is 1. The molecule has 5 heterocycles. The fourth-order valence-corrected chi connectivity index (χ4v) is 6.25. The van der Waals surface area contributed by atoms with Crippen LogP contribution in [0.15, 0.2) is 91.5 Å². The van der Waals surface area contributed by atoms with Crippen molar-refractivity contribution < 1.29 is 24.1 Å². The minimum Gasteiger partial charge on any atom is -0.493 e. The largest absolute Gasteiger partial charge is 0.493 e. The molecular weight excluding hydrogens is 594 g/mol. The third-order valence-electron chi connectivity index (χ3n) is 8.90. The monoisotopic (exact) mass is 627 g/mol. The zero-order valence-corrected chi connectivity index (χ0v) is 25.7. The average molecular weight is 628 g/mol. The first-order valence-electron chi connectivity index (χ1n) is 15.9. The molecule has 8 rings (SSSR count). The van der Waals surface area contributed by atoms with Crippen LogP contribution in [0.3, 0.4) is 0 Å². The van der Waals surface area contributed by atoms with Crippen molar-refractivity contribution in [2.75, 3.05) is 13.2 Å². The average Bonchev–Trinajstić information content (AvgIpc) is 3.72. The Hall–Kier alpha value is -5.48. The molecule has 4 bridgehead atoms. The Kier molecular flexibility index (Phi) is 7.62. The lowest BCUT2D eigenvalue weighted by atomic mass is 10.0. The van der Waals surface area contributed by atoms with Gasteiger partial charge in [0, 0.05) is 48.3 Å². The summed E-state index contributed by atoms with van der Waals surface area (Å²) >= 11 is 0. The Labute approximate surface area is 271 Å². The van der Waals surface area contributed by atoms with Gasteiger partial charge in [0.15, 0.2) is 0 Å². The van der Waals surface area contributed by atoms with Gasteiger partial charge in [0.1, 0.15) is 18.2 Å². The number of carbonyl (C=O) groups is 1. The molecule has 1 unspecified atom stereocenters. The van der Waals surface area contributed by atoms with Gasteiger partial charge in [0.05, 0.1) is 47.9 Å². The Balaban J connectivity index is 1.14. The molecule has 10 nitrogen and oxygen atoms in total. The summed E-state index contributed by atoms with van der Waals surface area (Å²) in [6, 6.07) is 23.4. The molecular formula is C37H33N5O5. The van der Waals surface area contributed by atoms with E-state index in [0.717, 1.165) is 76.5 Å². The highest BCUT2D eigenvalue weighted by atomic mass is 16.5. The third kappa shape index (κ3) is 5.95. The van der Waals surface area contributed by atoms with Crippen LogP contribution in [-0.2, 0) is 30.7 Å². The van der Waals surface area contributed by atoms with Gasteiger partial charge in [0.2, 0.25) is 5.88 Å². The second kappa shape index (κ2) is 12.4. The smallest absolute Gasteiger partial charge is 0.335 e. The second-order valence-corrected chi connectivity index (χ2v) is 12.0. The number of hydrogen-bond acceptors (Lipinski definition) is 7. The lowest BCUT2D eigenvalue weighted by molar-refractivity contribution is -0.0589. The van der Waals surface area contributed by atoms with Crippen molar-refractivity contribution in [1.82, 2.24) is 24.1 Å². The molecule has 0 aliphatic carbocycles. The zero-order valence-electron chi connectivity index (χ0n) is 25.7. The summed E-state index contributed by atoms with van der Waals surface area (Å²) in [7, 11) is 0. The number of fused-ring (bicyclic) bond motifs is 7. The molecule has 3 aromatic heterocycles. The fraction of sp³-hybridized carbons (Fsp3) is 0.243. The molecule has 47 heavy (non-hydrogen) atoms. The predicted molar refractivity (Wildman–Crippen MR) is 175 cm³/mol. The van der Waals surface area contributed by atoms with Crippen LogP contribution < -0.4 is 9.47 Å². The van der Waals surface area contributed by atoms with E-state index in [1.807, 2.05) is 35.0 Å². The van der Waals surface area contributed by atoms with Crippen LogP contribution in [0.25, 0.3) is 28.0 Å². The number of carboxylic acid groups (broad SMARTS) is 1. The van der Waals surface area contributed by atoms with Crippen molar-refractivity contribution in [2.24, 2.45) is 0 Å². The molecule has 10 heteroatoms. The van der Waals surface area contributed by atoms with Gasteiger partial charge < -0.3 is 28.5 Å². The number of aromatic carboxylic acids is 1. The highest BCUT2D eigenvalue weighted by molar-refractivity contribution is 5.92. The predicted octanol–water partition coefficient (Wildman–Crippen LogP) is 6.27. The third-order valence-corrected chi connectivity index (χ3v) is 8.90. The first kappa shape index (κ1) is 29.0. The van der Waals surface area contributed by atoms with Gasteiger partial charge >= 0.3 is 5.97 Å². The maximum Gasteiger partial charge on any atom is 0.335 e. The number of imidazole rings is 2. The van der Waals surface area contributed by atoms with E-state index in [-0.39, 0.29) is 11.7 Å². The molecule has 0 amide bonds. The van der Waals surface area contributed by atoms with Gasteiger partial charge in [-0.25, -0.2) is 19.7 Å². The van der Waals surface area contributed by atoms with Crippen LogP contribution in [0.4, 0.5) is 0 Å². The first-order valence-corrected chi connectivity index (χ1v) is 15.9. The van der Waals surface area contributed by atoms with Gasteiger partial charge in [-0.3, -0.25) is 0 Å². The second-order valence-electron chi connectivity index (χ2n) is 12.0. The highest BCUT2D eigenvalue weighted by Gasteiger charge is 2.23. The van der Waals surface area contributed by atoms with Crippen LogP contribution in [0, 0.1) is 0 Å². The van der Waals surface area contributed by atoms with Crippen molar-refractivity contribution in [3.8, 4) is 28.6 Å². The zero-order chi connectivity index (χ0) is 31.7. The number of carboxylic acids is 1. The summed E-state index contributed by atoms with van der Waals surface area (Å²) in [6.45, 7) is 2.29. The summed E-state index contributed by atoms with van der Waals surface area (Å²) in [5, 5.41) is 9.65. The van der Waals surface area contributed by atoms with Gasteiger partial charge in [-0.1, -0.05) is 24.3 Å². The molecule has 1 atom stereocenters. The molecule has 0 spiro atoms. The van der Waals surface area contributed by atoms with E-state index in [4.69, 9.17) is 24.2 Å². The Morgan fingerprint density at radius 1 is 0.957 bits per heavy atom. The topological polar surface area (TPSA) is 114 Å². The standard InChI is InChI=1S/C37H33N5O5/c43-37(44)27-9-11-32-33(18-27)42(21-30-12-16-45-30)35(39-32)20-26-7-6-25-19-34(26)46-15-2-3-24-17-29(41-14-13-38-23-41)10-8-28(24)22-47-36-5-1-4-31(25)40-36/h1,4-11,13-14,17-19,23,30H,2-3,12,15-16,20-22H2,(H,43,44). The van der Waals surface area contributed by atoms with Crippen molar-refractivity contribution in [3.05, 3.63) is 120 Å². The lowest BCUT2D eigenvalue weighted by Crippen LogP contribution is -2.31. The molecule has 2 aliphatic rings. The van der Waals surface area contributed by atoms with Crippen molar-refractivity contribution in [3.63, 3.8) is 0 Å². The number of aryl methyl sites for hydroxylation is 1. The quantitative estimate of drug-likeness (QED) is 0.230. The van der Waals surface area contributed by atoms with E-state index in [2.05, 4.69) is 39.9 Å². The molecule has 236 valence electrons. The Morgan fingerprint density at radius 2 is 1.89 bits per heavy atom. The van der Waals surface area contributed by atoms with E-state index in [0.29, 0.717) is 32.1 Å². The van der Waals surface area contributed by atoms with Gasteiger partial charge in [-0.2, -0.15) is 0 Å². The van der Waals surface area contributed by atoms with Crippen molar-refractivity contribution in [1.29, 1.82) is 0 Å². The van der Waals surface area contributed by atoms with E-state index in [1.165, 1.54) is 5.56 Å². The summed E-state index contributed by atoms with van der Waals surface area (Å²) in [6.07, 6.45) is 8.68. The van der Waals surface area contributed by atoms with Crippen LogP contribution >= 0.6 is 0 Å². The molecule has 6 aromatic rings. The summed E-state index contributed by atoms with van der Waals surface area (Å²) in [5.41, 5.74) is 7.84. The van der Waals surface area contributed by atoms with Crippen LogP contribution in [-0.4, -0.2) is 54.5 Å². The van der Waals surface area contributed by atoms with E-state index in [9.17, 15) is 9.90 Å². The maximum absolute atomic E-state index is 11.8. The van der Waals surface area contributed by atoms with Gasteiger partial charge in [-0.15, -0.1) is 0 Å². The van der Waals surface area contributed by atoms with Crippen LogP contribution in [0.1, 0.15) is 45.7 Å². The summed E-state index contributed by atoms with van der Waals surface area (Å²) in [5.74, 6) is 1.20. The molecule has 1 saturated heterocycles. The normalized spacial score (nSPS) is 16.0. The van der Waals surface area contributed by atoms with Crippen molar-refractivity contribution in [2.45, 2.75) is 44.9 Å². The number of aromatic nitrogens is 5.